The highest BCUT2D eigenvalue weighted by Crippen LogP contribution is 2.33. The van der Waals surface area contributed by atoms with E-state index < -0.39 is 0 Å². The number of likely N-dealkylation sites (tertiary alicyclic amines) is 1. The maximum absolute atomic E-state index is 4.82. The van der Waals surface area contributed by atoms with E-state index in [1.54, 1.807) is 12.4 Å². The van der Waals surface area contributed by atoms with Gasteiger partial charge in [0.2, 0.25) is 5.95 Å². The first-order valence-corrected chi connectivity index (χ1v) is 9.97. The summed E-state index contributed by atoms with van der Waals surface area (Å²) in [6.45, 7) is 2.42. The molecule has 2 fully saturated rings. The molecule has 1 aliphatic carbocycles. The van der Waals surface area contributed by atoms with Crippen LogP contribution in [-0.2, 0) is 0 Å². The predicted molar refractivity (Wildman–Crippen MR) is 102 cm³/mol. The van der Waals surface area contributed by atoms with E-state index in [2.05, 4.69) is 31.2 Å². The Labute approximate surface area is 155 Å². The fraction of sp³-hybridized carbons (Fsp3) is 0.600. The average molecular weight is 352 g/mol. The smallest absolute Gasteiger partial charge is 0.227 e. The Morgan fingerprint density at radius 3 is 2.65 bits per heavy atom. The molecule has 6 nitrogen and oxygen atoms in total. The number of nitrogens with zero attached hydrogens (tertiary/aromatic N) is 5. The van der Waals surface area contributed by atoms with Gasteiger partial charge in [0.05, 0.1) is 29.8 Å². The molecule has 2 aromatic rings. The minimum Gasteiger partial charge on any atom is -0.322 e. The summed E-state index contributed by atoms with van der Waals surface area (Å²) in [6, 6.07) is 2.50. The molecule has 2 aliphatic rings. The summed E-state index contributed by atoms with van der Waals surface area (Å²) < 4.78 is 0. The van der Waals surface area contributed by atoms with Crippen LogP contribution in [0.5, 0.6) is 0 Å². The second-order valence-electron chi connectivity index (χ2n) is 7.57. The monoisotopic (exact) mass is 352 g/mol. The van der Waals surface area contributed by atoms with Crippen molar-refractivity contribution in [3.63, 3.8) is 0 Å². The van der Waals surface area contributed by atoms with Crippen LogP contribution in [0.15, 0.2) is 31.0 Å². The molecular weight excluding hydrogens is 324 g/mol. The maximum Gasteiger partial charge on any atom is 0.227 e. The van der Waals surface area contributed by atoms with Crippen LogP contribution in [0.3, 0.4) is 0 Å². The van der Waals surface area contributed by atoms with Gasteiger partial charge in [-0.25, -0.2) is 19.9 Å². The van der Waals surface area contributed by atoms with E-state index in [0.29, 0.717) is 12.0 Å². The highest BCUT2D eigenvalue weighted by molar-refractivity contribution is 5.49. The highest BCUT2D eigenvalue weighted by atomic mass is 15.2. The van der Waals surface area contributed by atoms with Gasteiger partial charge in [0.1, 0.15) is 6.33 Å². The Balaban J connectivity index is 1.47. The lowest BCUT2D eigenvalue weighted by atomic mass is 9.87. The van der Waals surface area contributed by atoms with Gasteiger partial charge in [-0.1, -0.05) is 25.7 Å². The summed E-state index contributed by atoms with van der Waals surface area (Å²) in [4.78, 5) is 19.9. The molecule has 0 spiro atoms. The van der Waals surface area contributed by atoms with E-state index >= 15 is 0 Å². The summed E-state index contributed by atoms with van der Waals surface area (Å²) in [6.07, 6.45) is 17.7. The molecular formula is C20H28N6. The van der Waals surface area contributed by atoms with Crippen LogP contribution < -0.4 is 5.32 Å². The molecule has 26 heavy (non-hydrogen) atoms. The fourth-order valence-corrected chi connectivity index (χ4v) is 4.36. The molecule has 6 heteroatoms. The minimum atomic E-state index is 0.418. The molecule has 1 aliphatic heterocycles. The van der Waals surface area contributed by atoms with Crippen molar-refractivity contribution in [2.75, 3.05) is 18.4 Å². The van der Waals surface area contributed by atoms with Crippen LogP contribution in [-0.4, -0.2) is 37.9 Å². The van der Waals surface area contributed by atoms with Gasteiger partial charge in [-0.15, -0.1) is 0 Å². The van der Waals surface area contributed by atoms with Crippen molar-refractivity contribution in [2.45, 2.75) is 57.4 Å². The Morgan fingerprint density at radius 2 is 1.81 bits per heavy atom. The molecule has 0 unspecified atom stereocenters. The number of piperidine rings is 1. The second-order valence-corrected chi connectivity index (χ2v) is 7.57. The van der Waals surface area contributed by atoms with Crippen LogP contribution in [0, 0.1) is 5.92 Å². The molecule has 0 radical (unpaired) electrons. The molecule has 1 N–H and O–H groups in total. The van der Waals surface area contributed by atoms with Crippen molar-refractivity contribution >= 4 is 11.6 Å². The molecule has 4 rings (SSSR count). The van der Waals surface area contributed by atoms with Gasteiger partial charge in [0, 0.05) is 12.7 Å². The van der Waals surface area contributed by atoms with Crippen molar-refractivity contribution in [1.29, 1.82) is 0 Å². The van der Waals surface area contributed by atoms with E-state index in [4.69, 9.17) is 4.98 Å². The summed E-state index contributed by atoms with van der Waals surface area (Å²) in [7, 11) is 0. The number of rotatable bonds is 5. The first-order chi connectivity index (χ1) is 12.9. The van der Waals surface area contributed by atoms with E-state index in [-0.39, 0.29) is 0 Å². The Hall–Kier alpha value is -2.08. The van der Waals surface area contributed by atoms with Crippen LogP contribution in [0.4, 0.5) is 11.6 Å². The van der Waals surface area contributed by atoms with Gasteiger partial charge in [-0.2, -0.15) is 0 Å². The number of hydrogen-bond donors (Lipinski definition) is 1. The minimum absolute atomic E-state index is 0.418. The van der Waals surface area contributed by atoms with Crippen LogP contribution in [0.25, 0.3) is 0 Å². The zero-order valence-corrected chi connectivity index (χ0v) is 15.3. The standard InChI is InChI=1S/C20H28N6/c1-2-6-16(7-3-1)14-26-11-5-4-8-19(26)18-9-10-23-20(25-18)24-17-12-21-15-22-13-17/h9-10,12-13,15-16,19H,1-8,11,14H2,(H,23,24,25)/t19-/m0/s1. The van der Waals surface area contributed by atoms with Gasteiger partial charge < -0.3 is 5.32 Å². The molecule has 3 heterocycles. The summed E-state index contributed by atoms with van der Waals surface area (Å²) >= 11 is 0. The topological polar surface area (TPSA) is 66.8 Å². The molecule has 2 aromatic heterocycles. The number of hydrogen-bond acceptors (Lipinski definition) is 6. The normalized spacial score (nSPS) is 22.2. The Kier molecular flexibility index (Phi) is 5.69. The molecule has 0 aromatic carbocycles. The third-order valence-electron chi connectivity index (χ3n) is 5.67. The largest absolute Gasteiger partial charge is 0.322 e. The van der Waals surface area contributed by atoms with Crippen molar-refractivity contribution in [3.8, 4) is 0 Å². The van der Waals surface area contributed by atoms with Crippen molar-refractivity contribution in [3.05, 3.63) is 36.7 Å². The highest BCUT2D eigenvalue weighted by Gasteiger charge is 2.28. The van der Waals surface area contributed by atoms with E-state index in [1.165, 1.54) is 70.8 Å². The SMILES string of the molecule is c1ncc(Nc2nccc([C@@H]3CCCCN3CC3CCCCC3)n2)cn1. The van der Waals surface area contributed by atoms with Crippen LogP contribution in [0.2, 0.25) is 0 Å². The summed E-state index contributed by atoms with van der Waals surface area (Å²) in [5.74, 6) is 1.49. The number of nitrogens with one attached hydrogen (secondary N) is 1. The third kappa shape index (κ3) is 4.36. The van der Waals surface area contributed by atoms with Gasteiger partial charge >= 0.3 is 0 Å². The second kappa shape index (κ2) is 8.54. The van der Waals surface area contributed by atoms with Crippen molar-refractivity contribution in [1.82, 2.24) is 24.8 Å². The predicted octanol–water partition coefficient (Wildman–Crippen LogP) is 4.12. The molecule has 1 saturated heterocycles. The quantitative estimate of drug-likeness (QED) is 0.873. The van der Waals surface area contributed by atoms with E-state index in [1.807, 2.05) is 6.20 Å². The summed E-state index contributed by atoms with van der Waals surface area (Å²) in [5, 5.41) is 3.21. The summed E-state index contributed by atoms with van der Waals surface area (Å²) in [5.41, 5.74) is 1.95. The first-order valence-electron chi connectivity index (χ1n) is 9.97. The van der Waals surface area contributed by atoms with Gasteiger partial charge in [-0.3, -0.25) is 4.90 Å². The zero-order chi connectivity index (χ0) is 17.6. The van der Waals surface area contributed by atoms with Gasteiger partial charge in [0.25, 0.3) is 0 Å². The van der Waals surface area contributed by atoms with Crippen LogP contribution >= 0.6 is 0 Å². The van der Waals surface area contributed by atoms with Crippen molar-refractivity contribution in [2.24, 2.45) is 5.92 Å². The molecule has 0 amide bonds. The molecule has 1 atom stereocenters. The lowest BCUT2D eigenvalue weighted by molar-refractivity contribution is 0.110. The van der Waals surface area contributed by atoms with E-state index in [0.717, 1.165) is 17.3 Å². The molecule has 138 valence electrons. The van der Waals surface area contributed by atoms with Gasteiger partial charge in [0.15, 0.2) is 0 Å². The number of aromatic nitrogens is 4. The number of anilines is 2. The van der Waals surface area contributed by atoms with E-state index in [9.17, 15) is 0 Å². The first kappa shape index (κ1) is 17.3. The molecule has 0 bridgehead atoms. The fourth-order valence-electron chi connectivity index (χ4n) is 4.36. The maximum atomic E-state index is 4.82. The molecule has 1 saturated carbocycles. The lowest BCUT2D eigenvalue weighted by Gasteiger charge is -2.38. The zero-order valence-electron chi connectivity index (χ0n) is 15.3. The van der Waals surface area contributed by atoms with Gasteiger partial charge in [-0.05, 0) is 44.2 Å². The van der Waals surface area contributed by atoms with Crippen LogP contribution in [0.1, 0.15) is 63.1 Å². The average Bonchev–Trinajstić information content (AvgIpc) is 2.70. The lowest BCUT2D eigenvalue weighted by Crippen LogP contribution is -2.38. The Bertz CT molecular complexity index is 686. The third-order valence-corrected chi connectivity index (χ3v) is 5.67. The Morgan fingerprint density at radius 1 is 1.00 bits per heavy atom. The van der Waals surface area contributed by atoms with Crippen molar-refractivity contribution < 1.29 is 0 Å².